The molecule has 0 bridgehead atoms. The molecule has 5 rings (SSSR count). The van der Waals surface area contributed by atoms with E-state index < -0.39 is 0 Å². The number of oxazole rings is 1. The van der Waals surface area contributed by atoms with Gasteiger partial charge in [0.05, 0.1) is 11.8 Å². The average molecular weight is 456 g/mol. The van der Waals surface area contributed by atoms with Crippen molar-refractivity contribution in [1.82, 2.24) is 14.9 Å². The molecule has 5 nitrogen and oxygen atoms in total. The fraction of sp³-hybridized carbons (Fsp3) is 0.250. The molecule has 0 saturated carbocycles. The zero-order valence-corrected chi connectivity index (χ0v) is 18.9. The lowest BCUT2D eigenvalue weighted by atomic mass is 10.0. The Morgan fingerprint density at radius 1 is 0.941 bits per heavy atom. The van der Waals surface area contributed by atoms with Crippen LogP contribution in [0.15, 0.2) is 83.5 Å². The first kappa shape index (κ1) is 22.0. The fourth-order valence-corrected chi connectivity index (χ4v) is 4.45. The molecule has 0 radical (unpaired) electrons. The minimum Gasteiger partial charge on any atom is -0.443 e. The van der Waals surface area contributed by atoms with E-state index in [2.05, 4.69) is 22.1 Å². The van der Waals surface area contributed by atoms with Crippen molar-refractivity contribution in [2.45, 2.75) is 38.1 Å². The summed E-state index contributed by atoms with van der Waals surface area (Å²) in [7, 11) is 0. The van der Waals surface area contributed by atoms with Gasteiger partial charge in [-0.1, -0.05) is 48.5 Å². The van der Waals surface area contributed by atoms with Crippen LogP contribution >= 0.6 is 0 Å². The van der Waals surface area contributed by atoms with E-state index in [4.69, 9.17) is 4.42 Å². The molecule has 0 aliphatic carbocycles. The molecule has 1 aliphatic heterocycles. The number of aromatic nitrogens is 2. The van der Waals surface area contributed by atoms with Gasteiger partial charge in [0.1, 0.15) is 17.6 Å². The molecule has 3 heterocycles. The van der Waals surface area contributed by atoms with Crippen LogP contribution in [0.1, 0.15) is 64.1 Å². The van der Waals surface area contributed by atoms with Crippen molar-refractivity contribution < 1.29 is 13.6 Å². The Balaban J connectivity index is 1.30. The highest BCUT2D eigenvalue weighted by molar-refractivity contribution is 5.94. The standard InChI is InChI=1S/C28H26FN3O2/c29-25-11-5-4-10-21(25)17-23-14-13-22(18-30-23)28(33)32-15-7-6-12-26(32)27-31-19-24(34-27)16-20-8-2-1-3-9-20/h1-5,8-11,13-14,18-19,26H,6-7,12,15-17H2/t26-/m1/s1. The largest absolute Gasteiger partial charge is 0.443 e. The number of piperidine rings is 1. The first-order valence-corrected chi connectivity index (χ1v) is 11.7. The van der Waals surface area contributed by atoms with Gasteiger partial charge in [-0.2, -0.15) is 0 Å². The van der Waals surface area contributed by atoms with Crippen LogP contribution in [0.4, 0.5) is 4.39 Å². The van der Waals surface area contributed by atoms with Crippen LogP contribution in [0.3, 0.4) is 0 Å². The second-order valence-corrected chi connectivity index (χ2v) is 8.64. The van der Waals surface area contributed by atoms with Crippen molar-refractivity contribution in [1.29, 1.82) is 0 Å². The molecule has 1 fully saturated rings. The third-order valence-corrected chi connectivity index (χ3v) is 6.24. The van der Waals surface area contributed by atoms with Crippen LogP contribution in [-0.4, -0.2) is 27.3 Å². The molecule has 172 valence electrons. The van der Waals surface area contributed by atoms with E-state index in [9.17, 15) is 9.18 Å². The number of pyridine rings is 1. The maximum Gasteiger partial charge on any atom is 0.256 e. The van der Waals surface area contributed by atoms with Gasteiger partial charge in [-0.05, 0) is 48.6 Å². The topological polar surface area (TPSA) is 59.2 Å². The lowest BCUT2D eigenvalue weighted by Gasteiger charge is -2.33. The van der Waals surface area contributed by atoms with Gasteiger partial charge in [-0.3, -0.25) is 9.78 Å². The van der Waals surface area contributed by atoms with Gasteiger partial charge >= 0.3 is 0 Å². The van der Waals surface area contributed by atoms with Crippen LogP contribution < -0.4 is 0 Å². The Hall–Kier alpha value is -3.80. The van der Waals surface area contributed by atoms with Gasteiger partial charge in [0.2, 0.25) is 5.89 Å². The van der Waals surface area contributed by atoms with Crippen LogP contribution in [0.2, 0.25) is 0 Å². The van der Waals surface area contributed by atoms with Crippen molar-refractivity contribution in [3.8, 4) is 0 Å². The second-order valence-electron chi connectivity index (χ2n) is 8.64. The van der Waals surface area contributed by atoms with E-state index in [0.29, 0.717) is 36.4 Å². The predicted molar refractivity (Wildman–Crippen MR) is 127 cm³/mol. The quantitative estimate of drug-likeness (QED) is 0.371. The predicted octanol–water partition coefficient (Wildman–Crippen LogP) is 5.76. The molecule has 2 aromatic carbocycles. The highest BCUT2D eigenvalue weighted by Gasteiger charge is 2.32. The Morgan fingerprint density at radius 3 is 2.56 bits per heavy atom. The molecule has 1 aliphatic rings. The summed E-state index contributed by atoms with van der Waals surface area (Å²) in [5, 5.41) is 0. The van der Waals surface area contributed by atoms with Gasteiger partial charge < -0.3 is 9.32 Å². The number of nitrogens with zero attached hydrogens (tertiary/aromatic N) is 3. The summed E-state index contributed by atoms with van der Waals surface area (Å²) in [6, 6.07) is 20.1. The molecular formula is C28H26FN3O2. The molecule has 0 unspecified atom stereocenters. The van der Waals surface area contributed by atoms with E-state index in [1.54, 1.807) is 42.7 Å². The van der Waals surface area contributed by atoms with Crippen LogP contribution in [0.25, 0.3) is 0 Å². The third kappa shape index (κ3) is 4.91. The van der Waals surface area contributed by atoms with Crippen molar-refractivity contribution in [2.75, 3.05) is 6.54 Å². The summed E-state index contributed by atoms with van der Waals surface area (Å²) in [4.78, 5) is 24.2. The number of likely N-dealkylation sites (tertiary alicyclic amines) is 1. The minimum absolute atomic E-state index is 0.0857. The molecule has 0 spiro atoms. The zero-order valence-electron chi connectivity index (χ0n) is 18.9. The number of amides is 1. The van der Waals surface area contributed by atoms with Crippen LogP contribution in [0, 0.1) is 5.82 Å². The van der Waals surface area contributed by atoms with Crippen molar-refractivity contribution in [3.05, 3.63) is 119 Å². The normalized spacial score (nSPS) is 15.9. The number of carbonyl (C=O) groups excluding carboxylic acids is 1. The first-order valence-electron chi connectivity index (χ1n) is 11.7. The minimum atomic E-state index is -0.252. The van der Waals surface area contributed by atoms with E-state index in [0.717, 1.165) is 36.3 Å². The van der Waals surface area contributed by atoms with Gasteiger partial charge in [-0.25, -0.2) is 9.37 Å². The van der Waals surface area contributed by atoms with Gasteiger partial charge in [0, 0.05) is 31.3 Å². The number of carbonyl (C=O) groups is 1. The third-order valence-electron chi connectivity index (χ3n) is 6.24. The summed E-state index contributed by atoms with van der Waals surface area (Å²) in [5.74, 6) is 1.04. The summed E-state index contributed by atoms with van der Waals surface area (Å²) in [6.07, 6.45) is 7.17. The van der Waals surface area contributed by atoms with E-state index in [1.807, 2.05) is 23.1 Å². The Morgan fingerprint density at radius 2 is 1.76 bits per heavy atom. The summed E-state index contributed by atoms with van der Waals surface area (Å²) in [5.41, 5.74) is 2.97. The monoisotopic (exact) mass is 455 g/mol. The molecule has 2 aromatic heterocycles. The molecule has 34 heavy (non-hydrogen) atoms. The average Bonchev–Trinajstić information content (AvgIpc) is 3.34. The van der Waals surface area contributed by atoms with E-state index >= 15 is 0 Å². The van der Waals surface area contributed by atoms with Crippen molar-refractivity contribution in [3.63, 3.8) is 0 Å². The zero-order chi connectivity index (χ0) is 23.3. The lowest BCUT2D eigenvalue weighted by molar-refractivity contribution is 0.0569. The molecule has 1 atom stereocenters. The number of hydrogen-bond donors (Lipinski definition) is 0. The van der Waals surface area contributed by atoms with E-state index in [1.165, 1.54) is 6.07 Å². The molecule has 1 amide bonds. The number of benzene rings is 2. The number of rotatable bonds is 6. The molecule has 0 N–H and O–H groups in total. The second kappa shape index (κ2) is 10.00. The Bertz CT molecular complexity index is 1250. The van der Waals surface area contributed by atoms with Crippen LogP contribution in [-0.2, 0) is 12.8 Å². The molecule has 1 saturated heterocycles. The highest BCUT2D eigenvalue weighted by atomic mass is 19.1. The molecule has 6 heteroatoms. The molecule has 4 aromatic rings. The maximum absolute atomic E-state index is 14.0. The van der Waals surface area contributed by atoms with E-state index in [-0.39, 0.29) is 17.8 Å². The number of hydrogen-bond acceptors (Lipinski definition) is 4. The highest BCUT2D eigenvalue weighted by Crippen LogP contribution is 2.32. The maximum atomic E-state index is 14.0. The van der Waals surface area contributed by atoms with Crippen LogP contribution in [0.5, 0.6) is 0 Å². The fourth-order valence-electron chi connectivity index (χ4n) is 4.45. The Kier molecular flexibility index (Phi) is 6.47. The van der Waals surface area contributed by atoms with Gasteiger partial charge in [0.15, 0.2) is 0 Å². The van der Waals surface area contributed by atoms with Gasteiger partial charge in [0.25, 0.3) is 5.91 Å². The Labute approximate surface area is 198 Å². The number of halogens is 1. The SMILES string of the molecule is O=C(c1ccc(Cc2ccccc2F)nc1)N1CCCC[C@@H]1c1ncc(Cc2ccccc2)o1. The van der Waals surface area contributed by atoms with Crippen molar-refractivity contribution >= 4 is 5.91 Å². The smallest absolute Gasteiger partial charge is 0.256 e. The summed E-state index contributed by atoms with van der Waals surface area (Å²) >= 11 is 0. The summed E-state index contributed by atoms with van der Waals surface area (Å²) in [6.45, 7) is 0.650. The first-order chi connectivity index (χ1) is 16.7. The van der Waals surface area contributed by atoms with Crippen molar-refractivity contribution in [2.24, 2.45) is 0 Å². The van der Waals surface area contributed by atoms with Gasteiger partial charge in [-0.15, -0.1) is 0 Å². The summed E-state index contributed by atoms with van der Waals surface area (Å²) < 4.78 is 20.0. The lowest BCUT2D eigenvalue weighted by Crippen LogP contribution is -2.38. The molecular weight excluding hydrogens is 429 g/mol.